The molecule has 0 saturated heterocycles. The molecule has 1 atom stereocenters. The SMILES string of the molecule is C=C(C)C(=O)OC(C)Oc1cc(N=Nc2ccccc2C)c(O)c(C(C)(C)C)c1. The maximum absolute atomic E-state index is 11.7. The van der Waals surface area contributed by atoms with Gasteiger partial charge in [0.15, 0.2) is 0 Å². The summed E-state index contributed by atoms with van der Waals surface area (Å²) in [6.07, 6.45) is -0.835. The van der Waals surface area contributed by atoms with E-state index in [2.05, 4.69) is 16.8 Å². The van der Waals surface area contributed by atoms with E-state index in [1.54, 1.807) is 26.0 Å². The predicted octanol–water partition coefficient (Wildman–Crippen LogP) is 6.26. The third-order valence-electron chi connectivity index (χ3n) is 4.18. The molecule has 0 fully saturated rings. The van der Waals surface area contributed by atoms with Crippen molar-refractivity contribution in [3.05, 3.63) is 59.7 Å². The first-order chi connectivity index (χ1) is 13.5. The Kier molecular flexibility index (Phi) is 6.80. The van der Waals surface area contributed by atoms with Gasteiger partial charge in [-0.15, -0.1) is 5.11 Å². The maximum Gasteiger partial charge on any atom is 0.336 e. The largest absolute Gasteiger partial charge is 0.505 e. The Labute approximate surface area is 171 Å². The third-order valence-corrected chi connectivity index (χ3v) is 4.18. The summed E-state index contributed by atoms with van der Waals surface area (Å²) in [6, 6.07) is 10.9. The Balaban J connectivity index is 2.40. The van der Waals surface area contributed by atoms with Crippen molar-refractivity contribution in [2.45, 2.75) is 53.2 Å². The molecule has 0 aromatic heterocycles. The number of hydrogen-bond donors (Lipinski definition) is 1. The number of hydrogen-bond acceptors (Lipinski definition) is 6. The van der Waals surface area contributed by atoms with Gasteiger partial charge in [-0.25, -0.2) is 4.79 Å². The topological polar surface area (TPSA) is 80.5 Å². The monoisotopic (exact) mass is 396 g/mol. The van der Waals surface area contributed by atoms with Gasteiger partial charge < -0.3 is 14.6 Å². The second-order valence-corrected chi connectivity index (χ2v) is 7.95. The lowest BCUT2D eigenvalue weighted by Gasteiger charge is -2.23. The average Bonchev–Trinajstić information content (AvgIpc) is 2.61. The average molecular weight is 396 g/mol. The van der Waals surface area contributed by atoms with Crippen LogP contribution in [0.2, 0.25) is 0 Å². The number of carbonyl (C=O) groups excluding carboxylic acids is 1. The van der Waals surface area contributed by atoms with E-state index in [1.165, 1.54) is 0 Å². The van der Waals surface area contributed by atoms with Crippen LogP contribution >= 0.6 is 0 Å². The molecule has 0 aliphatic carbocycles. The van der Waals surface area contributed by atoms with E-state index in [0.717, 1.165) is 5.56 Å². The number of carbonyl (C=O) groups is 1. The molecule has 0 bridgehead atoms. The second-order valence-electron chi connectivity index (χ2n) is 7.95. The van der Waals surface area contributed by atoms with Crippen molar-refractivity contribution in [2.75, 3.05) is 0 Å². The van der Waals surface area contributed by atoms with E-state index in [-0.39, 0.29) is 22.4 Å². The molecule has 1 N–H and O–H groups in total. The van der Waals surface area contributed by atoms with Crippen molar-refractivity contribution in [1.82, 2.24) is 0 Å². The highest BCUT2D eigenvalue weighted by Crippen LogP contribution is 2.42. The Morgan fingerprint density at radius 1 is 1.14 bits per heavy atom. The number of benzene rings is 2. The first-order valence-electron chi connectivity index (χ1n) is 9.37. The number of aromatic hydroxyl groups is 1. The molecule has 6 nitrogen and oxygen atoms in total. The number of esters is 1. The fraction of sp³-hybridized carbons (Fsp3) is 0.348. The van der Waals surface area contributed by atoms with Crippen molar-refractivity contribution in [2.24, 2.45) is 10.2 Å². The number of azo groups is 1. The molecule has 29 heavy (non-hydrogen) atoms. The zero-order valence-electron chi connectivity index (χ0n) is 17.8. The normalized spacial score (nSPS) is 12.6. The molecule has 6 heteroatoms. The van der Waals surface area contributed by atoms with Crippen molar-refractivity contribution in [3.8, 4) is 11.5 Å². The van der Waals surface area contributed by atoms with E-state index in [9.17, 15) is 9.90 Å². The van der Waals surface area contributed by atoms with Crippen LogP contribution in [0.3, 0.4) is 0 Å². The molecule has 0 spiro atoms. The van der Waals surface area contributed by atoms with Gasteiger partial charge in [0.2, 0.25) is 6.29 Å². The van der Waals surface area contributed by atoms with E-state index < -0.39 is 12.3 Å². The van der Waals surface area contributed by atoms with Gasteiger partial charge in [0.05, 0.1) is 5.69 Å². The van der Waals surface area contributed by atoms with E-state index in [4.69, 9.17) is 9.47 Å². The van der Waals surface area contributed by atoms with Crippen LogP contribution in [0.15, 0.2) is 58.8 Å². The first-order valence-corrected chi connectivity index (χ1v) is 9.37. The summed E-state index contributed by atoms with van der Waals surface area (Å²) in [5.74, 6) is -0.0889. The molecule has 0 amide bonds. The van der Waals surface area contributed by atoms with E-state index in [0.29, 0.717) is 17.0 Å². The second kappa shape index (κ2) is 8.90. The van der Waals surface area contributed by atoms with Gasteiger partial charge in [-0.3, -0.25) is 0 Å². The molecule has 2 rings (SSSR count). The minimum atomic E-state index is -0.835. The standard InChI is InChI=1S/C23H28N2O4/c1-14(2)22(27)29-16(4)28-17-12-18(23(5,6)7)21(26)20(13-17)25-24-19-11-9-8-10-15(19)3/h8-13,16,26H,1H2,2-7H3. The molecule has 0 radical (unpaired) electrons. The van der Waals surface area contributed by atoms with Crippen LogP contribution in [-0.2, 0) is 14.9 Å². The van der Waals surface area contributed by atoms with Crippen molar-refractivity contribution in [1.29, 1.82) is 0 Å². The van der Waals surface area contributed by atoms with Crippen LogP contribution in [0.5, 0.6) is 11.5 Å². The summed E-state index contributed by atoms with van der Waals surface area (Å²) in [6.45, 7) is 14.6. The number of phenolic OH excluding ortho intramolecular Hbond substituents is 1. The Hall–Kier alpha value is -3.15. The maximum atomic E-state index is 11.7. The van der Waals surface area contributed by atoms with Gasteiger partial charge >= 0.3 is 5.97 Å². The summed E-state index contributed by atoms with van der Waals surface area (Å²) >= 11 is 0. The number of aryl methyl sites for hydroxylation is 1. The summed E-state index contributed by atoms with van der Waals surface area (Å²) in [5, 5.41) is 19.2. The zero-order chi connectivity index (χ0) is 21.8. The van der Waals surface area contributed by atoms with Gasteiger partial charge in [0.25, 0.3) is 0 Å². The molecule has 2 aromatic rings. The molecule has 0 heterocycles. The number of ether oxygens (including phenoxy) is 2. The van der Waals surface area contributed by atoms with Crippen LogP contribution in [-0.4, -0.2) is 17.4 Å². The van der Waals surface area contributed by atoms with Crippen LogP contribution in [0.1, 0.15) is 45.7 Å². The van der Waals surface area contributed by atoms with Crippen LogP contribution < -0.4 is 4.74 Å². The van der Waals surface area contributed by atoms with E-state index >= 15 is 0 Å². The molecule has 0 aliphatic rings. The fourth-order valence-electron chi connectivity index (χ4n) is 2.56. The fourth-order valence-corrected chi connectivity index (χ4v) is 2.56. The van der Waals surface area contributed by atoms with E-state index in [1.807, 2.05) is 52.0 Å². The van der Waals surface area contributed by atoms with Gasteiger partial charge in [0.1, 0.15) is 17.2 Å². The van der Waals surface area contributed by atoms with Crippen LogP contribution in [0, 0.1) is 6.92 Å². The van der Waals surface area contributed by atoms with Crippen LogP contribution in [0.4, 0.5) is 11.4 Å². The van der Waals surface area contributed by atoms with Crippen molar-refractivity contribution in [3.63, 3.8) is 0 Å². The first kappa shape index (κ1) is 22.1. The molecule has 0 aliphatic heterocycles. The van der Waals surface area contributed by atoms with Gasteiger partial charge in [-0.1, -0.05) is 45.5 Å². The van der Waals surface area contributed by atoms with Crippen molar-refractivity contribution >= 4 is 17.3 Å². The molecule has 154 valence electrons. The third kappa shape index (κ3) is 5.91. The quantitative estimate of drug-likeness (QED) is 0.270. The summed E-state index contributed by atoms with van der Waals surface area (Å²) in [7, 11) is 0. The summed E-state index contributed by atoms with van der Waals surface area (Å²) < 4.78 is 10.9. The lowest BCUT2D eigenvalue weighted by atomic mass is 9.86. The lowest BCUT2D eigenvalue weighted by Crippen LogP contribution is -2.21. The summed E-state index contributed by atoms with van der Waals surface area (Å²) in [4.78, 5) is 11.7. The van der Waals surface area contributed by atoms with Gasteiger partial charge in [-0.2, -0.15) is 5.11 Å². The number of phenols is 1. The summed E-state index contributed by atoms with van der Waals surface area (Å²) in [5.41, 5.74) is 2.52. The highest BCUT2D eigenvalue weighted by molar-refractivity contribution is 5.87. The molecule has 1 unspecified atom stereocenters. The predicted molar refractivity (Wildman–Crippen MR) is 113 cm³/mol. The Morgan fingerprint density at radius 2 is 1.76 bits per heavy atom. The zero-order valence-corrected chi connectivity index (χ0v) is 17.8. The highest BCUT2D eigenvalue weighted by Gasteiger charge is 2.23. The van der Waals surface area contributed by atoms with Gasteiger partial charge in [-0.05, 0) is 37.0 Å². The number of rotatable bonds is 6. The Bertz CT molecular complexity index is 942. The minimum absolute atomic E-state index is 0.0359. The minimum Gasteiger partial charge on any atom is -0.505 e. The lowest BCUT2D eigenvalue weighted by molar-refractivity contribution is -0.156. The highest BCUT2D eigenvalue weighted by atomic mass is 16.7. The van der Waals surface area contributed by atoms with Crippen molar-refractivity contribution < 1.29 is 19.4 Å². The van der Waals surface area contributed by atoms with Gasteiger partial charge in [0, 0.05) is 24.1 Å². The molecule has 2 aromatic carbocycles. The number of nitrogens with zero attached hydrogens (tertiary/aromatic N) is 2. The molecular weight excluding hydrogens is 368 g/mol. The smallest absolute Gasteiger partial charge is 0.336 e. The molecular formula is C23H28N2O4. The van der Waals surface area contributed by atoms with Crippen LogP contribution in [0.25, 0.3) is 0 Å². The molecule has 0 saturated carbocycles. The Morgan fingerprint density at radius 3 is 2.34 bits per heavy atom.